The molecule has 4 nitrogen and oxygen atoms in total. The van der Waals surface area contributed by atoms with Crippen molar-refractivity contribution >= 4 is 34.6 Å². The molecule has 0 radical (unpaired) electrons. The molecule has 1 aliphatic heterocycles. The summed E-state index contributed by atoms with van der Waals surface area (Å²) in [6.45, 7) is 7.46. The van der Waals surface area contributed by atoms with Gasteiger partial charge in [-0.05, 0) is 86.9 Å². The van der Waals surface area contributed by atoms with Crippen LogP contribution in [-0.2, 0) is 6.54 Å². The molecule has 0 unspecified atom stereocenters. The lowest BCUT2D eigenvalue weighted by Gasteiger charge is -2.32. The van der Waals surface area contributed by atoms with E-state index in [0.717, 1.165) is 41.9 Å². The number of furan rings is 1. The second kappa shape index (κ2) is 10.1. The lowest BCUT2D eigenvalue weighted by atomic mass is 10.0. The van der Waals surface area contributed by atoms with Gasteiger partial charge in [-0.25, -0.2) is 0 Å². The van der Waals surface area contributed by atoms with E-state index in [1.165, 1.54) is 25.9 Å². The third kappa shape index (κ3) is 6.52. The van der Waals surface area contributed by atoms with Crippen LogP contribution in [0.15, 0.2) is 47.1 Å². The van der Waals surface area contributed by atoms with Crippen molar-refractivity contribution in [2.24, 2.45) is 5.92 Å². The maximum absolute atomic E-state index is 5.97. The van der Waals surface area contributed by atoms with Gasteiger partial charge in [-0.2, -0.15) is 0 Å². The topological polar surface area (TPSA) is 31.6 Å². The Morgan fingerprint density at radius 1 is 1.33 bits per heavy atom. The smallest absolute Gasteiger partial charge is 0.173 e. The molecule has 1 saturated heterocycles. The standard InChI is InChI=1S/C21H28ClN3OS/c1-17-5-2-11-24(15-17)12-4-13-25(16-20-6-3-14-26-20)21(27)23-19-9-7-18(22)8-10-19/h3,6-10,14,17H,2,4-5,11-13,15-16H2,1H3,(H,23,27)/t17-/m1/s1. The fraction of sp³-hybridized carbons (Fsp3) is 0.476. The molecule has 3 rings (SSSR count). The SMILES string of the molecule is C[C@@H]1CCCN(CCCN(Cc2ccco2)C(=S)Nc2ccc(Cl)cc2)C1. The van der Waals surface area contributed by atoms with Crippen LogP contribution in [0.3, 0.4) is 0 Å². The van der Waals surface area contributed by atoms with Gasteiger partial charge in [0.1, 0.15) is 5.76 Å². The van der Waals surface area contributed by atoms with E-state index in [9.17, 15) is 0 Å². The minimum atomic E-state index is 0.669. The fourth-order valence-corrected chi connectivity index (χ4v) is 3.95. The summed E-state index contributed by atoms with van der Waals surface area (Å²) in [5.74, 6) is 1.73. The first-order chi connectivity index (χ1) is 13.1. The molecule has 1 fully saturated rings. The second-order valence-corrected chi connectivity index (χ2v) is 8.16. The Morgan fingerprint density at radius 3 is 2.85 bits per heavy atom. The molecule has 2 heterocycles. The largest absolute Gasteiger partial charge is 0.467 e. The molecule has 0 amide bonds. The molecule has 1 N–H and O–H groups in total. The summed E-state index contributed by atoms with van der Waals surface area (Å²) < 4.78 is 5.53. The van der Waals surface area contributed by atoms with E-state index >= 15 is 0 Å². The third-order valence-electron chi connectivity index (χ3n) is 4.95. The molecule has 1 aliphatic rings. The monoisotopic (exact) mass is 405 g/mol. The first-order valence-corrected chi connectivity index (χ1v) is 10.4. The molecule has 1 aromatic heterocycles. The van der Waals surface area contributed by atoms with Crippen molar-refractivity contribution in [2.75, 3.05) is 31.5 Å². The highest BCUT2D eigenvalue weighted by molar-refractivity contribution is 7.80. The van der Waals surface area contributed by atoms with Gasteiger partial charge < -0.3 is 19.5 Å². The lowest BCUT2D eigenvalue weighted by Crippen LogP contribution is -2.39. The Balaban J connectivity index is 1.56. The summed E-state index contributed by atoms with van der Waals surface area (Å²) in [5.41, 5.74) is 0.943. The summed E-state index contributed by atoms with van der Waals surface area (Å²) in [6, 6.07) is 11.5. The molecule has 6 heteroatoms. The van der Waals surface area contributed by atoms with Gasteiger partial charge in [-0.3, -0.25) is 0 Å². The third-order valence-corrected chi connectivity index (χ3v) is 5.57. The van der Waals surface area contributed by atoms with E-state index in [1.807, 2.05) is 36.4 Å². The van der Waals surface area contributed by atoms with Gasteiger partial charge in [0.25, 0.3) is 0 Å². The number of piperidine rings is 1. The number of likely N-dealkylation sites (tertiary alicyclic amines) is 1. The van der Waals surface area contributed by atoms with Crippen LogP contribution >= 0.6 is 23.8 Å². The molecule has 0 bridgehead atoms. The van der Waals surface area contributed by atoms with Crippen molar-refractivity contribution in [2.45, 2.75) is 32.7 Å². The van der Waals surface area contributed by atoms with Crippen molar-refractivity contribution in [1.82, 2.24) is 9.80 Å². The summed E-state index contributed by atoms with van der Waals surface area (Å²) >= 11 is 11.6. The number of nitrogens with zero attached hydrogens (tertiary/aromatic N) is 2. The highest BCUT2D eigenvalue weighted by atomic mass is 35.5. The average molecular weight is 406 g/mol. The summed E-state index contributed by atoms with van der Waals surface area (Å²) in [6.07, 6.45) is 5.46. The van der Waals surface area contributed by atoms with Crippen LogP contribution in [0.5, 0.6) is 0 Å². The van der Waals surface area contributed by atoms with E-state index in [0.29, 0.717) is 11.7 Å². The highest BCUT2D eigenvalue weighted by Crippen LogP contribution is 2.17. The first kappa shape index (κ1) is 20.2. The molecule has 1 aromatic carbocycles. The summed E-state index contributed by atoms with van der Waals surface area (Å²) in [7, 11) is 0. The van der Waals surface area contributed by atoms with Gasteiger partial charge in [0.05, 0.1) is 12.8 Å². The number of thiocarbonyl (C=S) groups is 1. The maximum atomic E-state index is 5.97. The Bertz CT molecular complexity index is 705. The quantitative estimate of drug-likeness (QED) is 0.635. The van der Waals surface area contributed by atoms with Crippen molar-refractivity contribution < 1.29 is 4.42 Å². The zero-order valence-electron chi connectivity index (χ0n) is 15.9. The Hall–Kier alpha value is -1.56. The van der Waals surface area contributed by atoms with Crippen LogP contribution in [0.4, 0.5) is 5.69 Å². The van der Waals surface area contributed by atoms with Crippen molar-refractivity contribution in [3.05, 3.63) is 53.4 Å². The van der Waals surface area contributed by atoms with Crippen molar-refractivity contribution in [1.29, 1.82) is 0 Å². The van der Waals surface area contributed by atoms with Crippen molar-refractivity contribution in [3.8, 4) is 0 Å². The van der Waals surface area contributed by atoms with E-state index in [2.05, 4.69) is 22.0 Å². The zero-order valence-corrected chi connectivity index (χ0v) is 17.4. The Kier molecular flexibility index (Phi) is 7.56. The van der Waals surface area contributed by atoms with Crippen LogP contribution in [0, 0.1) is 5.92 Å². The number of benzene rings is 1. The molecular weight excluding hydrogens is 378 g/mol. The van der Waals surface area contributed by atoms with E-state index < -0.39 is 0 Å². The molecule has 0 aliphatic carbocycles. The number of hydrogen-bond acceptors (Lipinski definition) is 3. The average Bonchev–Trinajstić information content (AvgIpc) is 3.16. The number of anilines is 1. The van der Waals surface area contributed by atoms with E-state index in [4.69, 9.17) is 28.2 Å². The van der Waals surface area contributed by atoms with Gasteiger partial charge in [0, 0.05) is 23.8 Å². The molecule has 0 saturated carbocycles. The van der Waals surface area contributed by atoms with E-state index in [1.54, 1.807) is 6.26 Å². The van der Waals surface area contributed by atoms with Gasteiger partial charge in [-0.1, -0.05) is 18.5 Å². The normalized spacial score (nSPS) is 17.6. The first-order valence-electron chi connectivity index (χ1n) is 9.66. The highest BCUT2D eigenvalue weighted by Gasteiger charge is 2.17. The van der Waals surface area contributed by atoms with Gasteiger partial charge in [0.2, 0.25) is 0 Å². The van der Waals surface area contributed by atoms with Gasteiger partial charge >= 0.3 is 0 Å². The summed E-state index contributed by atoms with van der Waals surface area (Å²) in [5, 5.41) is 4.75. The van der Waals surface area contributed by atoms with Crippen LogP contribution in [0.25, 0.3) is 0 Å². The number of hydrogen-bond donors (Lipinski definition) is 1. The minimum Gasteiger partial charge on any atom is -0.467 e. The van der Waals surface area contributed by atoms with Crippen LogP contribution in [0.2, 0.25) is 5.02 Å². The predicted molar refractivity (Wildman–Crippen MR) is 116 cm³/mol. The maximum Gasteiger partial charge on any atom is 0.173 e. The van der Waals surface area contributed by atoms with Crippen LogP contribution in [0.1, 0.15) is 31.9 Å². The molecule has 2 aromatic rings. The number of halogens is 1. The van der Waals surface area contributed by atoms with Crippen LogP contribution < -0.4 is 5.32 Å². The van der Waals surface area contributed by atoms with Crippen LogP contribution in [-0.4, -0.2) is 41.1 Å². The summed E-state index contributed by atoms with van der Waals surface area (Å²) in [4.78, 5) is 4.76. The zero-order chi connectivity index (χ0) is 19.1. The predicted octanol–water partition coefficient (Wildman–Crippen LogP) is 5.25. The van der Waals surface area contributed by atoms with Crippen molar-refractivity contribution in [3.63, 3.8) is 0 Å². The lowest BCUT2D eigenvalue weighted by molar-refractivity contribution is 0.177. The molecule has 1 atom stereocenters. The molecule has 27 heavy (non-hydrogen) atoms. The van der Waals surface area contributed by atoms with E-state index in [-0.39, 0.29) is 0 Å². The Labute approximate surface area is 172 Å². The molecular formula is C21H28ClN3OS. The number of rotatable bonds is 7. The fourth-order valence-electron chi connectivity index (χ4n) is 3.55. The molecule has 0 spiro atoms. The second-order valence-electron chi connectivity index (χ2n) is 7.34. The minimum absolute atomic E-state index is 0.669. The van der Waals surface area contributed by atoms with Gasteiger partial charge in [-0.15, -0.1) is 0 Å². The molecule has 146 valence electrons. The number of nitrogens with one attached hydrogen (secondary N) is 1. The van der Waals surface area contributed by atoms with Gasteiger partial charge in [0.15, 0.2) is 5.11 Å². The Morgan fingerprint density at radius 2 is 2.15 bits per heavy atom.